The van der Waals surface area contributed by atoms with Gasteiger partial charge in [0.2, 0.25) is 0 Å². The predicted molar refractivity (Wildman–Crippen MR) is 144 cm³/mol. The lowest BCUT2D eigenvalue weighted by molar-refractivity contribution is 0.0988. The molecule has 0 N–H and O–H groups in total. The van der Waals surface area contributed by atoms with E-state index in [1.165, 1.54) is 0 Å². The summed E-state index contributed by atoms with van der Waals surface area (Å²) in [7, 11) is 1.58. The van der Waals surface area contributed by atoms with Crippen molar-refractivity contribution in [1.29, 1.82) is 5.26 Å². The molecule has 3 heterocycles. The Hall–Kier alpha value is -3.79. The number of ether oxygens (including phenoxy) is 1. The maximum atomic E-state index is 14.1. The Labute approximate surface area is 224 Å². The number of nitriles is 1. The Kier molecular flexibility index (Phi) is 5.34. The van der Waals surface area contributed by atoms with Crippen molar-refractivity contribution in [1.82, 2.24) is 9.78 Å². The van der Waals surface area contributed by atoms with Gasteiger partial charge in [-0.1, -0.05) is 49.2 Å². The molecule has 1 atom stereocenters. The molecule has 37 heavy (non-hydrogen) atoms. The molecule has 0 saturated carbocycles. The van der Waals surface area contributed by atoms with E-state index in [2.05, 4.69) is 19.9 Å². The van der Waals surface area contributed by atoms with Crippen LogP contribution in [-0.4, -0.2) is 22.8 Å². The number of fused-ring (bicyclic) bond motifs is 8. The van der Waals surface area contributed by atoms with Crippen LogP contribution in [0.4, 0.5) is 5.69 Å². The standard InChI is InChI=1S/C29H22Cl2N4O2/c1-14(2)26-24-25(33-35(26)21-11-16(13-32)6-10-22(21)37-4)29(36)34-27-15(3)5-9-20(31)23(27)19-12-17(30)7-8-18(19)28(24)34/h5-12,14,28H,1-4H3. The molecule has 1 unspecified atom stereocenters. The van der Waals surface area contributed by atoms with Crippen molar-refractivity contribution < 1.29 is 9.53 Å². The maximum absolute atomic E-state index is 14.1. The fourth-order valence-electron chi connectivity index (χ4n) is 5.64. The highest BCUT2D eigenvalue weighted by atomic mass is 35.5. The van der Waals surface area contributed by atoms with Gasteiger partial charge in [0, 0.05) is 16.1 Å². The highest BCUT2D eigenvalue weighted by Crippen LogP contribution is 2.56. The maximum Gasteiger partial charge on any atom is 0.280 e. The van der Waals surface area contributed by atoms with Crippen molar-refractivity contribution in [3.05, 3.63) is 92.2 Å². The van der Waals surface area contributed by atoms with Crippen LogP contribution in [0, 0.1) is 18.3 Å². The number of aromatic nitrogens is 2. The lowest BCUT2D eigenvalue weighted by Crippen LogP contribution is -2.34. The third-order valence-corrected chi connectivity index (χ3v) is 7.69. The number of nitrogens with zero attached hydrogens (tertiary/aromatic N) is 4. The van der Waals surface area contributed by atoms with Gasteiger partial charge in [-0.2, -0.15) is 10.4 Å². The highest BCUT2D eigenvalue weighted by molar-refractivity contribution is 6.35. The number of carbonyl (C=O) groups is 1. The SMILES string of the molecule is COc1ccc(C#N)cc1-n1nc2c(c1C(C)C)C1c3ccc(Cl)cc3-c3c(Cl)ccc(C)c3N1C2=O. The predicted octanol–water partition coefficient (Wildman–Crippen LogP) is 7.22. The molecule has 6 rings (SSSR count). The molecule has 0 saturated heterocycles. The first-order valence-electron chi connectivity index (χ1n) is 11.9. The summed E-state index contributed by atoms with van der Waals surface area (Å²) in [6, 6.07) is 16.5. The number of hydrogen-bond donors (Lipinski definition) is 0. The molecule has 3 aromatic carbocycles. The molecular formula is C29H22Cl2N4O2. The summed E-state index contributed by atoms with van der Waals surface area (Å²) in [4.78, 5) is 16.0. The van der Waals surface area contributed by atoms with E-state index in [4.69, 9.17) is 33.0 Å². The third kappa shape index (κ3) is 3.24. The number of methoxy groups -OCH3 is 1. The minimum atomic E-state index is -0.393. The molecule has 1 amide bonds. The van der Waals surface area contributed by atoms with E-state index in [-0.39, 0.29) is 11.8 Å². The third-order valence-electron chi connectivity index (χ3n) is 7.14. The van der Waals surface area contributed by atoms with Crippen LogP contribution >= 0.6 is 23.2 Å². The molecule has 2 aliphatic heterocycles. The van der Waals surface area contributed by atoms with E-state index in [1.54, 1.807) is 30.0 Å². The van der Waals surface area contributed by atoms with Gasteiger partial charge in [-0.25, -0.2) is 4.68 Å². The summed E-state index contributed by atoms with van der Waals surface area (Å²) in [6.07, 6.45) is 0. The second-order valence-electron chi connectivity index (χ2n) is 9.61. The summed E-state index contributed by atoms with van der Waals surface area (Å²) in [6.45, 7) is 6.12. The van der Waals surface area contributed by atoms with Gasteiger partial charge in [-0.3, -0.25) is 9.69 Å². The molecule has 4 aromatic rings. The molecule has 0 radical (unpaired) electrons. The lowest BCUT2D eigenvalue weighted by Gasteiger charge is -2.36. The summed E-state index contributed by atoms with van der Waals surface area (Å²) in [5, 5.41) is 15.6. The van der Waals surface area contributed by atoms with Crippen LogP contribution in [0.3, 0.4) is 0 Å². The molecular weight excluding hydrogens is 507 g/mol. The van der Waals surface area contributed by atoms with Crippen molar-refractivity contribution in [3.63, 3.8) is 0 Å². The van der Waals surface area contributed by atoms with Gasteiger partial charge < -0.3 is 4.74 Å². The number of anilines is 1. The molecule has 2 aliphatic rings. The van der Waals surface area contributed by atoms with Crippen LogP contribution in [-0.2, 0) is 0 Å². The van der Waals surface area contributed by atoms with Crippen LogP contribution in [0.1, 0.15) is 64.2 Å². The quantitative estimate of drug-likeness (QED) is 0.281. The second kappa shape index (κ2) is 8.37. The Morgan fingerprint density at radius 2 is 1.89 bits per heavy atom. The van der Waals surface area contributed by atoms with E-state index in [0.29, 0.717) is 32.7 Å². The monoisotopic (exact) mass is 528 g/mol. The van der Waals surface area contributed by atoms with Gasteiger partial charge in [-0.05, 0) is 65.9 Å². The number of halogens is 2. The van der Waals surface area contributed by atoms with E-state index in [0.717, 1.165) is 39.2 Å². The number of rotatable bonds is 3. The molecule has 1 aromatic heterocycles. The number of benzene rings is 3. The van der Waals surface area contributed by atoms with Gasteiger partial charge >= 0.3 is 0 Å². The van der Waals surface area contributed by atoms with Crippen LogP contribution in [0.2, 0.25) is 10.0 Å². The van der Waals surface area contributed by atoms with Gasteiger partial charge in [0.1, 0.15) is 11.4 Å². The van der Waals surface area contributed by atoms with Crippen LogP contribution in [0.15, 0.2) is 48.5 Å². The molecule has 0 bridgehead atoms. The zero-order chi connectivity index (χ0) is 26.2. The first-order valence-corrected chi connectivity index (χ1v) is 12.7. The lowest BCUT2D eigenvalue weighted by atomic mass is 9.84. The van der Waals surface area contributed by atoms with Gasteiger partial charge in [0.05, 0.1) is 41.2 Å². The van der Waals surface area contributed by atoms with Crippen molar-refractivity contribution in [2.24, 2.45) is 0 Å². The summed E-state index contributed by atoms with van der Waals surface area (Å²) >= 11 is 13.2. The van der Waals surface area contributed by atoms with Crippen molar-refractivity contribution in [2.45, 2.75) is 32.7 Å². The molecule has 8 heteroatoms. The van der Waals surface area contributed by atoms with Crippen molar-refractivity contribution in [2.75, 3.05) is 12.0 Å². The van der Waals surface area contributed by atoms with Crippen LogP contribution in [0.5, 0.6) is 5.75 Å². The first-order chi connectivity index (χ1) is 17.8. The van der Waals surface area contributed by atoms with E-state index < -0.39 is 6.04 Å². The van der Waals surface area contributed by atoms with Gasteiger partial charge in [-0.15, -0.1) is 0 Å². The van der Waals surface area contributed by atoms with Crippen molar-refractivity contribution >= 4 is 34.8 Å². The number of amides is 1. The number of carbonyl (C=O) groups excluding carboxylic acids is 1. The topological polar surface area (TPSA) is 71.2 Å². The van der Waals surface area contributed by atoms with E-state index in [1.807, 2.05) is 42.2 Å². The van der Waals surface area contributed by atoms with E-state index in [9.17, 15) is 10.1 Å². The zero-order valence-electron chi connectivity index (χ0n) is 20.6. The number of hydrogen-bond acceptors (Lipinski definition) is 4. The zero-order valence-corrected chi connectivity index (χ0v) is 22.1. The second-order valence-corrected chi connectivity index (χ2v) is 10.5. The fourth-order valence-corrected chi connectivity index (χ4v) is 6.07. The minimum Gasteiger partial charge on any atom is -0.494 e. The molecule has 6 nitrogen and oxygen atoms in total. The summed E-state index contributed by atoms with van der Waals surface area (Å²) in [5.74, 6) is 0.385. The van der Waals surface area contributed by atoms with E-state index >= 15 is 0 Å². The average molecular weight is 529 g/mol. The Balaban J connectivity index is 1.69. The molecule has 0 aliphatic carbocycles. The first kappa shape index (κ1) is 23.6. The normalized spacial score (nSPS) is 15.2. The summed E-state index contributed by atoms with van der Waals surface area (Å²) in [5.41, 5.74) is 7.57. The smallest absolute Gasteiger partial charge is 0.280 e. The molecule has 0 spiro atoms. The van der Waals surface area contributed by atoms with Crippen LogP contribution in [0.25, 0.3) is 16.8 Å². The largest absolute Gasteiger partial charge is 0.494 e. The summed E-state index contributed by atoms with van der Waals surface area (Å²) < 4.78 is 7.38. The average Bonchev–Trinajstić information content (AvgIpc) is 3.41. The molecule has 184 valence electrons. The minimum absolute atomic E-state index is 0.0112. The van der Waals surface area contributed by atoms with Gasteiger partial charge in [0.15, 0.2) is 5.69 Å². The Morgan fingerprint density at radius 1 is 1.11 bits per heavy atom. The number of aryl methyl sites for hydroxylation is 1. The van der Waals surface area contributed by atoms with Gasteiger partial charge in [0.25, 0.3) is 5.91 Å². The fraction of sp³-hybridized carbons (Fsp3) is 0.207. The van der Waals surface area contributed by atoms with Crippen molar-refractivity contribution in [3.8, 4) is 28.6 Å². The Morgan fingerprint density at radius 3 is 2.59 bits per heavy atom. The highest BCUT2D eigenvalue weighted by Gasteiger charge is 2.49. The Bertz CT molecular complexity index is 1680. The molecule has 0 fully saturated rings. The van der Waals surface area contributed by atoms with Crippen LogP contribution < -0.4 is 9.64 Å².